The molecule has 0 aromatic heterocycles. The van der Waals surface area contributed by atoms with Gasteiger partial charge in [-0.3, -0.25) is 9.59 Å². The highest BCUT2D eigenvalue weighted by Gasteiger charge is 2.11. The number of carbonyl (C=O) groups excluding carboxylic acids is 2. The smallest absolute Gasteiger partial charge is 0.251 e. The fraction of sp³-hybridized carbons (Fsp3) is 0.385. The molecule has 0 aliphatic rings. The number of ether oxygens (including phenoxy) is 1. The molecule has 0 saturated carbocycles. The van der Waals surface area contributed by atoms with Crippen molar-refractivity contribution in [2.24, 2.45) is 5.92 Å². The molecule has 178 valence electrons. The predicted octanol–water partition coefficient (Wildman–Crippen LogP) is 3.97. The van der Waals surface area contributed by atoms with Gasteiger partial charge in [-0.05, 0) is 57.0 Å². The third-order valence-corrected chi connectivity index (χ3v) is 4.59. The van der Waals surface area contributed by atoms with Crippen LogP contribution in [0.1, 0.15) is 49.2 Å². The number of amides is 2. The Balaban J connectivity index is 0.000000346. The largest absolute Gasteiger partial charge is 0.489 e. The molecular weight excluding hydrogens is 440 g/mol. The van der Waals surface area contributed by atoms with Crippen LogP contribution in [0.3, 0.4) is 0 Å². The number of nitrogens with one attached hydrogen (secondary N) is 2. The van der Waals surface area contributed by atoms with E-state index in [1.54, 1.807) is 12.1 Å². The van der Waals surface area contributed by atoms with E-state index in [0.717, 1.165) is 5.56 Å². The van der Waals surface area contributed by atoms with Crippen LogP contribution in [0, 0.1) is 24.7 Å². The van der Waals surface area contributed by atoms with Crippen molar-refractivity contribution < 1.29 is 19.4 Å². The van der Waals surface area contributed by atoms with E-state index >= 15 is 0 Å². The highest BCUT2D eigenvalue weighted by Crippen LogP contribution is 2.26. The first-order valence-electron chi connectivity index (χ1n) is 10.7. The quantitative estimate of drug-likeness (QED) is 0.555. The molecule has 1 atom stereocenters. The van der Waals surface area contributed by atoms with Gasteiger partial charge in [0, 0.05) is 18.2 Å². The monoisotopic (exact) mass is 472 g/mol. The van der Waals surface area contributed by atoms with Gasteiger partial charge in [0.2, 0.25) is 5.91 Å². The Labute approximate surface area is 201 Å². The maximum atomic E-state index is 11.8. The highest BCUT2D eigenvalue weighted by atomic mass is 35.5. The van der Waals surface area contributed by atoms with Crippen LogP contribution in [0.15, 0.2) is 42.5 Å². The Morgan fingerprint density at radius 2 is 1.73 bits per heavy atom. The third kappa shape index (κ3) is 10.9. The predicted molar refractivity (Wildman–Crippen MR) is 133 cm³/mol. The van der Waals surface area contributed by atoms with Gasteiger partial charge in [-0.25, -0.2) is 0 Å². The van der Waals surface area contributed by atoms with Gasteiger partial charge in [-0.15, -0.1) is 0 Å². The Kier molecular flexibility index (Phi) is 12.1. The minimum absolute atomic E-state index is 0.00502. The highest BCUT2D eigenvalue weighted by molar-refractivity contribution is 6.32. The second-order valence-electron chi connectivity index (χ2n) is 7.99. The first kappa shape index (κ1) is 28.0. The van der Waals surface area contributed by atoms with Gasteiger partial charge in [0.25, 0.3) is 5.91 Å². The molecule has 33 heavy (non-hydrogen) atoms. The van der Waals surface area contributed by atoms with Crippen LogP contribution in [-0.4, -0.2) is 42.7 Å². The van der Waals surface area contributed by atoms with E-state index in [9.17, 15) is 14.7 Å². The molecule has 0 heterocycles. The average Bonchev–Trinajstić information content (AvgIpc) is 2.78. The molecule has 0 spiro atoms. The van der Waals surface area contributed by atoms with Crippen LogP contribution < -0.4 is 15.4 Å². The second-order valence-corrected chi connectivity index (χ2v) is 8.40. The van der Waals surface area contributed by atoms with Crippen LogP contribution in [-0.2, 0) is 4.79 Å². The molecular formula is C26H33ClN2O4. The van der Waals surface area contributed by atoms with Gasteiger partial charge in [0.05, 0.1) is 17.7 Å². The van der Waals surface area contributed by atoms with Crippen molar-refractivity contribution >= 4 is 23.4 Å². The lowest BCUT2D eigenvalue weighted by molar-refractivity contribution is -0.119. The summed E-state index contributed by atoms with van der Waals surface area (Å²) in [5.41, 5.74) is 2.56. The van der Waals surface area contributed by atoms with Crippen LogP contribution in [0.25, 0.3) is 0 Å². The van der Waals surface area contributed by atoms with Gasteiger partial charge in [-0.1, -0.05) is 55.0 Å². The first-order chi connectivity index (χ1) is 15.5. The van der Waals surface area contributed by atoms with E-state index in [1.165, 1.54) is 18.7 Å². The number of halogens is 1. The zero-order valence-electron chi connectivity index (χ0n) is 20.0. The van der Waals surface area contributed by atoms with Crippen molar-refractivity contribution in [3.05, 3.63) is 64.2 Å². The zero-order chi connectivity index (χ0) is 25.0. The number of benzene rings is 2. The van der Waals surface area contributed by atoms with Crippen LogP contribution in [0.2, 0.25) is 5.02 Å². The summed E-state index contributed by atoms with van der Waals surface area (Å²) in [6, 6.07) is 12.7. The summed E-state index contributed by atoms with van der Waals surface area (Å²) >= 11 is 6.02. The average molecular weight is 473 g/mol. The maximum absolute atomic E-state index is 11.8. The van der Waals surface area contributed by atoms with E-state index in [4.69, 9.17) is 16.3 Å². The number of rotatable bonds is 6. The Bertz CT molecular complexity index is 976. The molecule has 0 fully saturated rings. The molecule has 2 aromatic carbocycles. The molecule has 6 nitrogen and oxygen atoms in total. The maximum Gasteiger partial charge on any atom is 0.251 e. The number of hydrogen-bond acceptors (Lipinski definition) is 4. The van der Waals surface area contributed by atoms with E-state index in [1.807, 2.05) is 58.9 Å². The topological polar surface area (TPSA) is 87.7 Å². The van der Waals surface area contributed by atoms with Crippen LogP contribution >= 0.6 is 11.6 Å². The van der Waals surface area contributed by atoms with E-state index < -0.39 is 6.10 Å². The van der Waals surface area contributed by atoms with Gasteiger partial charge >= 0.3 is 0 Å². The summed E-state index contributed by atoms with van der Waals surface area (Å²) in [5.74, 6) is 5.87. The van der Waals surface area contributed by atoms with Crippen molar-refractivity contribution in [1.82, 2.24) is 10.6 Å². The normalized spacial score (nSPS) is 11.0. The molecule has 7 heteroatoms. The fourth-order valence-electron chi connectivity index (χ4n) is 2.30. The SMILES string of the molecule is CNC(=O)CNC(=O)c1ccc(OC(C)C)c(Cl)c1.Cc1ccc(C#CC(O)C(C)C)cc1. The lowest BCUT2D eigenvalue weighted by Crippen LogP contribution is -2.35. The molecule has 2 amide bonds. The molecule has 1 unspecified atom stereocenters. The molecule has 2 rings (SSSR count). The summed E-state index contributed by atoms with van der Waals surface area (Å²) < 4.78 is 5.47. The van der Waals surface area contributed by atoms with Crippen molar-refractivity contribution in [2.75, 3.05) is 13.6 Å². The molecule has 0 aliphatic carbocycles. The Morgan fingerprint density at radius 1 is 1.09 bits per heavy atom. The van der Waals surface area contributed by atoms with Gasteiger partial charge in [0.1, 0.15) is 11.9 Å². The second kappa shape index (κ2) is 14.2. The summed E-state index contributed by atoms with van der Waals surface area (Å²) in [6.07, 6.45) is -0.526. The molecule has 0 saturated heterocycles. The number of aliphatic hydroxyl groups is 1. The third-order valence-electron chi connectivity index (χ3n) is 4.29. The van der Waals surface area contributed by atoms with Gasteiger partial charge in [-0.2, -0.15) is 0 Å². The van der Waals surface area contributed by atoms with Crippen molar-refractivity contribution in [3.8, 4) is 17.6 Å². The standard InChI is InChI=1S/C13H17ClN2O3.C13H16O/c1-8(2)19-11-5-4-9(6-10(11)14)13(18)16-7-12(17)15-3;1-10(2)13(14)9-8-12-6-4-11(3)5-7-12/h4-6,8H,7H2,1-3H3,(H,15,17)(H,16,18);4-7,10,13-14H,1-3H3. The molecule has 0 aliphatic heterocycles. The molecule has 0 radical (unpaired) electrons. The zero-order valence-corrected chi connectivity index (χ0v) is 20.8. The van der Waals surface area contributed by atoms with E-state index in [2.05, 4.69) is 22.5 Å². The minimum atomic E-state index is -0.531. The number of likely N-dealkylation sites (N-methyl/N-ethyl adjacent to an activating group) is 1. The van der Waals surface area contributed by atoms with Gasteiger partial charge in [0.15, 0.2) is 0 Å². The summed E-state index contributed by atoms with van der Waals surface area (Å²) in [6.45, 7) is 9.65. The van der Waals surface area contributed by atoms with E-state index in [0.29, 0.717) is 16.3 Å². The summed E-state index contributed by atoms with van der Waals surface area (Å²) in [7, 11) is 1.50. The number of hydrogen-bond donors (Lipinski definition) is 3. The minimum Gasteiger partial charge on any atom is -0.489 e. The summed E-state index contributed by atoms with van der Waals surface area (Å²) in [5, 5.41) is 14.7. The summed E-state index contributed by atoms with van der Waals surface area (Å²) in [4.78, 5) is 22.8. The molecule has 2 aromatic rings. The van der Waals surface area contributed by atoms with Crippen molar-refractivity contribution in [2.45, 2.75) is 46.8 Å². The van der Waals surface area contributed by atoms with Gasteiger partial charge < -0.3 is 20.5 Å². The Morgan fingerprint density at radius 3 is 2.24 bits per heavy atom. The first-order valence-corrected chi connectivity index (χ1v) is 11.1. The fourth-order valence-corrected chi connectivity index (χ4v) is 2.53. The van der Waals surface area contributed by atoms with Crippen LogP contribution in [0.5, 0.6) is 5.75 Å². The van der Waals surface area contributed by atoms with Crippen LogP contribution in [0.4, 0.5) is 0 Å². The van der Waals surface area contributed by atoms with Crippen molar-refractivity contribution in [1.29, 1.82) is 0 Å². The number of aliphatic hydroxyl groups excluding tert-OH is 1. The Hall–Kier alpha value is -3.01. The molecule has 0 bridgehead atoms. The molecule has 3 N–H and O–H groups in total. The lowest BCUT2D eigenvalue weighted by Gasteiger charge is -2.12. The van der Waals surface area contributed by atoms with Crippen molar-refractivity contribution in [3.63, 3.8) is 0 Å². The number of aryl methyl sites for hydroxylation is 1. The lowest BCUT2D eigenvalue weighted by atomic mass is 10.1. The van der Waals surface area contributed by atoms with E-state index in [-0.39, 0.29) is 30.4 Å². The number of carbonyl (C=O) groups is 2.